The van der Waals surface area contributed by atoms with Gasteiger partial charge in [-0.15, -0.1) is 0 Å². The first-order chi connectivity index (χ1) is 11.1. The Kier molecular flexibility index (Phi) is 6.57. The first kappa shape index (κ1) is 19.0. The van der Waals surface area contributed by atoms with Crippen molar-refractivity contribution >= 4 is 0 Å². The smallest absolute Gasteiger partial charge is 0.226 e. The van der Waals surface area contributed by atoms with Gasteiger partial charge in [0.05, 0.1) is 30.8 Å². The molecule has 1 saturated carbocycles. The molecule has 0 bridgehead atoms. The standard InChI is InChI=1S/C18H25N5/c1-4-7-9-23-16-14(6-3)15(8-5-2)17(10-19,11-20)18(16,12-21)13-22/h14-16,23H,4-9H2,1-3H3/p+1/t14-,15-,16+/m0/s1. The predicted octanol–water partition coefficient (Wildman–Crippen LogP) is 2.24. The van der Waals surface area contributed by atoms with Gasteiger partial charge in [0.15, 0.2) is 5.41 Å². The fraction of sp³-hybridized carbons (Fsp3) is 0.778. The van der Waals surface area contributed by atoms with Crippen molar-refractivity contribution in [1.82, 2.24) is 0 Å². The fourth-order valence-corrected chi connectivity index (χ4v) is 4.30. The molecule has 1 fully saturated rings. The lowest BCUT2D eigenvalue weighted by molar-refractivity contribution is -0.702. The zero-order chi connectivity index (χ0) is 17.5. The second-order valence-electron chi connectivity index (χ2n) is 6.43. The number of hydrogen-bond acceptors (Lipinski definition) is 4. The molecule has 0 saturated heterocycles. The highest BCUT2D eigenvalue weighted by Crippen LogP contribution is 2.59. The molecule has 1 aliphatic carbocycles. The maximum absolute atomic E-state index is 9.85. The molecule has 1 aliphatic rings. The number of nitriles is 4. The van der Waals surface area contributed by atoms with E-state index in [0.29, 0.717) is 6.42 Å². The van der Waals surface area contributed by atoms with Crippen molar-refractivity contribution in [2.24, 2.45) is 22.7 Å². The molecule has 0 spiro atoms. The second-order valence-corrected chi connectivity index (χ2v) is 6.43. The molecule has 1 rings (SSSR count). The molecule has 0 aliphatic heterocycles. The van der Waals surface area contributed by atoms with E-state index in [9.17, 15) is 21.0 Å². The molecule has 5 heteroatoms. The van der Waals surface area contributed by atoms with Crippen LogP contribution in [0.5, 0.6) is 0 Å². The van der Waals surface area contributed by atoms with E-state index in [4.69, 9.17) is 0 Å². The molecule has 0 aromatic carbocycles. The first-order valence-electron chi connectivity index (χ1n) is 8.57. The number of nitrogens with two attached hydrogens (primary N) is 1. The van der Waals surface area contributed by atoms with Crippen LogP contribution in [-0.2, 0) is 0 Å². The van der Waals surface area contributed by atoms with Gasteiger partial charge < -0.3 is 5.32 Å². The molecule has 0 aromatic rings. The first-order valence-corrected chi connectivity index (χ1v) is 8.57. The van der Waals surface area contributed by atoms with Crippen LogP contribution in [0.25, 0.3) is 0 Å². The molecule has 0 radical (unpaired) electrons. The van der Waals surface area contributed by atoms with Crippen molar-refractivity contribution in [2.45, 2.75) is 58.9 Å². The van der Waals surface area contributed by atoms with Crippen LogP contribution >= 0.6 is 0 Å². The normalized spacial score (nSPS) is 27.3. The fourth-order valence-electron chi connectivity index (χ4n) is 4.30. The van der Waals surface area contributed by atoms with Gasteiger partial charge in [-0.3, -0.25) is 0 Å². The Labute approximate surface area is 139 Å². The van der Waals surface area contributed by atoms with E-state index in [1.807, 2.05) is 19.2 Å². The molecule has 5 nitrogen and oxygen atoms in total. The average Bonchev–Trinajstić information content (AvgIpc) is 2.81. The molecule has 0 unspecified atom stereocenters. The van der Waals surface area contributed by atoms with Gasteiger partial charge >= 0.3 is 0 Å². The monoisotopic (exact) mass is 312 g/mol. The minimum Gasteiger partial charge on any atom is -0.341 e. The lowest BCUT2D eigenvalue weighted by Crippen LogP contribution is -2.94. The number of hydrogen-bond donors (Lipinski definition) is 1. The van der Waals surface area contributed by atoms with Crippen molar-refractivity contribution in [1.29, 1.82) is 21.0 Å². The Morgan fingerprint density at radius 1 is 0.870 bits per heavy atom. The van der Waals surface area contributed by atoms with E-state index in [-0.39, 0.29) is 17.9 Å². The molecule has 23 heavy (non-hydrogen) atoms. The van der Waals surface area contributed by atoms with Crippen LogP contribution in [0, 0.1) is 68.0 Å². The Morgan fingerprint density at radius 3 is 1.83 bits per heavy atom. The predicted molar refractivity (Wildman–Crippen MR) is 85.0 cm³/mol. The third kappa shape index (κ3) is 2.67. The van der Waals surface area contributed by atoms with E-state index >= 15 is 0 Å². The van der Waals surface area contributed by atoms with Crippen LogP contribution in [0.2, 0.25) is 0 Å². The highest BCUT2D eigenvalue weighted by Gasteiger charge is 2.73. The Morgan fingerprint density at radius 2 is 1.43 bits per heavy atom. The summed E-state index contributed by atoms with van der Waals surface area (Å²) in [5.74, 6) is -0.194. The highest BCUT2D eigenvalue weighted by atomic mass is 15.0. The summed E-state index contributed by atoms with van der Waals surface area (Å²) in [4.78, 5) is 0. The third-order valence-corrected chi connectivity index (χ3v) is 5.41. The maximum Gasteiger partial charge on any atom is 0.226 e. The van der Waals surface area contributed by atoms with Crippen molar-refractivity contribution in [3.05, 3.63) is 0 Å². The highest BCUT2D eigenvalue weighted by molar-refractivity contribution is 5.41. The lowest BCUT2D eigenvalue weighted by atomic mass is 9.63. The van der Waals surface area contributed by atoms with E-state index in [1.165, 1.54) is 0 Å². The molecule has 122 valence electrons. The molecular formula is C18H26N5+. The second kappa shape index (κ2) is 7.97. The largest absolute Gasteiger partial charge is 0.341 e. The van der Waals surface area contributed by atoms with Gasteiger partial charge in [0.25, 0.3) is 0 Å². The molecule has 2 N–H and O–H groups in total. The van der Waals surface area contributed by atoms with Crippen molar-refractivity contribution < 1.29 is 5.32 Å². The summed E-state index contributed by atoms with van der Waals surface area (Å²) < 4.78 is 0. The van der Waals surface area contributed by atoms with Gasteiger partial charge in [0.2, 0.25) is 5.41 Å². The maximum atomic E-state index is 9.85. The summed E-state index contributed by atoms with van der Waals surface area (Å²) >= 11 is 0. The number of rotatable bonds is 7. The number of quaternary nitrogens is 1. The van der Waals surface area contributed by atoms with Gasteiger partial charge in [0, 0.05) is 11.8 Å². The summed E-state index contributed by atoms with van der Waals surface area (Å²) in [6.07, 6.45) is 4.33. The zero-order valence-electron chi connectivity index (χ0n) is 14.3. The van der Waals surface area contributed by atoms with E-state index in [1.54, 1.807) is 0 Å². The van der Waals surface area contributed by atoms with Crippen LogP contribution in [0.3, 0.4) is 0 Å². The zero-order valence-corrected chi connectivity index (χ0v) is 14.3. The molecule has 0 amide bonds. The van der Waals surface area contributed by atoms with Gasteiger partial charge in [-0.25, -0.2) is 0 Å². The van der Waals surface area contributed by atoms with Crippen LogP contribution in [-0.4, -0.2) is 12.6 Å². The quantitative estimate of drug-likeness (QED) is 0.726. The summed E-state index contributed by atoms with van der Waals surface area (Å²) in [6, 6.07) is 8.14. The van der Waals surface area contributed by atoms with Crippen molar-refractivity contribution in [3.63, 3.8) is 0 Å². The third-order valence-electron chi connectivity index (χ3n) is 5.41. The van der Waals surface area contributed by atoms with Crippen molar-refractivity contribution in [3.8, 4) is 24.3 Å². The molecule has 0 aromatic heterocycles. The Hall–Kier alpha value is -2.08. The van der Waals surface area contributed by atoms with Gasteiger partial charge in [-0.05, 0) is 19.3 Å². The van der Waals surface area contributed by atoms with E-state index in [2.05, 4.69) is 31.2 Å². The van der Waals surface area contributed by atoms with E-state index in [0.717, 1.165) is 32.2 Å². The van der Waals surface area contributed by atoms with Gasteiger partial charge in [-0.1, -0.05) is 33.6 Å². The van der Waals surface area contributed by atoms with Crippen LogP contribution in [0.4, 0.5) is 0 Å². The molecule has 3 atom stereocenters. The Bertz CT molecular complexity index is 540. The van der Waals surface area contributed by atoms with Gasteiger partial charge in [0.1, 0.15) is 6.04 Å². The summed E-state index contributed by atoms with van der Waals surface area (Å²) in [6.45, 7) is 6.95. The van der Waals surface area contributed by atoms with Gasteiger partial charge in [-0.2, -0.15) is 21.0 Å². The Balaban J connectivity index is 3.49. The topological polar surface area (TPSA) is 112 Å². The molecular weight excluding hydrogens is 286 g/mol. The molecule has 0 heterocycles. The minimum absolute atomic E-state index is 0.0328. The average molecular weight is 312 g/mol. The summed E-state index contributed by atoms with van der Waals surface area (Å²) in [7, 11) is 0. The lowest BCUT2D eigenvalue weighted by Gasteiger charge is -2.29. The SMILES string of the molecule is CCCC[NH2+][C@@H]1[C@@H](CC)[C@H](CCC)C(C#N)(C#N)C1(C#N)C#N. The summed E-state index contributed by atoms with van der Waals surface area (Å²) in [5.41, 5.74) is -3.11. The van der Waals surface area contributed by atoms with E-state index < -0.39 is 10.8 Å². The summed E-state index contributed by atoms with van der Waals surface area (Å²) in [5, 5.41) is 41.4. The van der Waals surface area contributed by atoms with Crippen LogP contribution in [0.15, 0.2) is 0 Å². The van der Waals surface area contributed by atoms with Crippen molar-refractivity contribution in [2.75, 3.05) is 6.54 Å². The number of nitrogens with zero attached hydrogens (tertiary/aromatic N) is 4. The minimum atomic E-state index is -1.56. The number of unbranched alkanes of at least 4 members (excludes halogenated alkanes) is 1. The van der Waals surface area contributed by atoms with Crippen LogP contribution < -0.4 is 5.32 Å². The van der Waals surface area contributed by atoms with Crippen LogP contribution in [0.1, 0.15) is 52.9 Å².